The van der Waals surface area contributed by atoms with E-state index in [0.717, 1.165) is 5.56 Å². The molecule has 1 atom stereocenters. The fraction of sp³-hybridized carbons (Fsp3) is 0.400. The second kappa shape index (κ2) is 4.42. The van der Waals surface area contributed by atoms with Crippen LogP contribution in [-0.2, 0) is 6.42 Å². The maximum atomic E-state index is 10.7. The molecular formula is C10H12ClNO2. The molecule has 76 valence electrons. The molecule has 1 unspecified atom stereocenters. The number of aryl methyl sites for hydroxylation is 1. The summed E-state index contributed by atoms with van der Waals surface area (Å²) in [5.74, 6) is 0. The minimum absolute atomic E-state index is 0.0875. The Morgan fingerprint density at radius 3 is 2.71 bits per heavy atom. The van der Waals surface area contributed by atoms with Crippen molar-refractivity contribution in [1.29, 1.82) is 0 Å². The average molecular weight is 214 g/mol. The molecule has 0 radical (unpaired) electrons. The van der Waals surface area contributed by atoms with Crippen LogP contribution in [0.3, 0.4) is 0 Å². The lowest BCUT2D eigenvalue weighted by Crippen LogP contribution is -2.02. The lowest BCUT2D eigenvalue weighted by molar-refractivity contribution is -0.385. The minimum Gasteiger partial charge on any atom is -0.258 e. The number of benzene rings is 1. The van der Waals surface area contributed by atoms with Crippen molar-refractivity contribution in [2.75, 3.05) is 0 Å². The van der Waals surface area contributed by atoms with Gasteiger partial charge in [0.05, 0.1) is 4.92 Å². The average Bonchev–Trinajstić information content (AvgIpc) is 2.01. The molecule has 1 aromatic rings. The number of nitro groups is 1. The molecule has 4 heteroatoms. The van der Waals surface area contributed by atoms with Crippen LogP contribution in [0, 0.1) is 17.0 Å². The van der Waals surface area contributed by atoms with Gasteiger partial charge in [0, 0.05) is 17.0 Å². The molecule has 1 rings (SSSR count). The first kappa shape index (κ1) is 11.0. The fourth-order valence-corrected chi connectivity index (χ4v) is 1.53. The Bertz CT molecular complexity index is 350. The third kappa shape index (κ3) is 2.70. The van der Waals surface area contributed by atoms with Gasteiger partial charge in [-0.25, -0.2) is 0 Å². The van der Waals surface area contributed by atoms with Gasteiger partial charge in [0.1, 0.15) is 0 Å². The number of rotatable bonds is 3. The van der Waals surface area contributed by atoms with E-state index in [9.17, 15) is 10.1 Å². The van der Waals surface area contributed by atoms with Gasteiger partial charge in [-0.3, -0.25) is 10.1 Å². The summed E-state index contributed by atoms with van der Waals surface area (Å²) in [6.45, 7) is 3.74. The molecule has 0 bridgehead atoms. The standard InChI is InChI=1S/C10H12ClNO2/c1-7-3-4-10(12(13)14)9(5-7)6-8(2)11/h3-5,8H,6H2,1-2H3. The van der Waals surface area contributed by atoms with E-state index in [1.54, 1.807) is 6.07 Å². The van der Waals surface area contributed by atoms with Gasteiger partial charge < -0.3 is 0 Å². The summed E-state index contributed by atoms with van der Waals surface area (Å²) < 4.78 is 0. The maximum absolute atomic E-state index is 10.7. The smallest absolute Gasteiger partial charge is 0.258 e. The van der Waals surface area contributed by atoms with Crippen LogP contribution in [0.15, 0.2) is 18.2 Å². The van der Waals surface area contributed by atoms with Crippen molar-refractivity contribution in [2.45, 2.75) is 25.6 Å². The van der Waals surface area contributed by atoms with E-state index in [4.69, 9.17) is 11.6 Å². The van der Waals surface area contributed by atoms with Gasteiger partial charge in [0.25, 0.3) is 5.69 Å². The molecule has 0 saturated heterocycles. The number of hydrogen-bond donors (Lipinski definition) is 0. The molecular weight excluding hydrogens is 202 g/mol. The van der Waals surface area contributed by atoms with Gasteiger partial charge in [-0.15, -0.1) is 11.6 Å². The summed E-state index contributed by atoms with van der Waals surface area (Å²) in [4.78, 5) is 10.3. The zero-order valence-electron chi connectivity index (χ0n) is 8.16. The third-order valence-corrected chi connectivity index (χ3v) is 2.09. The van der Waals surface area contributed by atoms with E-state index in [2.05, 4.69) is 0 Å². The first-order valence-electron chi connectivity index (χ1n) is 4.38. The van der Waals surface area contributed by atoms with E-state index in [1.807, 2.05) is 19.9 Å². The molecule has 0 N–H and O–H groups in total. The Labute approximate surface area is 87.8 Å². The van der Waals surface area contributed by atoms with Crippen LogP contribution in [0.2, 0.25) is 0 Å². The Balaban J connectivity index is 3.09. The maximum Gasteiger partial charge on any atom is 0.272 e. The summed E-state index contributed by atoms with van der Waals surface area (Å²) >= 11 is 5.82. The van der Waals surface area contributed by atoms with Crippen molar-refractivity contribution < 1.29 is 4.92 Å². The van der Waals surface area contributed by atoms with Crippen LogP contribution >= 0.6 is 11.6 Å². The third-order valence-electron chi connectivity index (χ3n) is 1.93. The Hall–Kier alpha value is -1.09. The van der Waals surface area contributed by atoms with E-state index in [0.29, 0.717) is 12.0 Å². The second-order valence-corrected chi connectivity index (χ2v) is 4.12. The van der Waals surface area contributed by atoms with Gasteiger partial charge in [0.2, 0.25) is 0 Å². The van der Waals surface area contributed by atoms with Crippen molar-refractivity contribution in [1.82, 2.24) is 0 Å². The van der Waals surface area contributed by atoms with E-state index < -0.39 is 0 Å². The Morgan fingerprint density at radius 2 is 2.21 bits per heavy atom. The van der Waals surface area contributed by atoms with Gasteiger partial charge in [-0.05, 0) is 26.3 Å². The fourth-order valence-electron chi connectivity index (χ4n) is 1.36. The van der Waals surface area contributed by atoms with Crippen molar-refractivity contribution in [3.05, 3.63) is 39.4 Å². The summed E-state index contributed by atoms with van der Waals surface area (Å²) in [5.41, 5.74) is 1.88. The molecule has 0 aromatic heterocycles. The summed E-state index contributed by atoms with van der Waals surface area (Å²) in [6.07, 6.45) is 0.527. The molecule has 14 heavy (non-hydrogen) atoms. The van der Waals surface area contributed by atoms with Crippen LogP contribution in [0.25, 0.3) is 0 Å². The zero-order valence-corrected chi connectivity index (χ0v) is 8.91. The van der Waals surface area contributed by atoms with Crippen LogP contribution in [0.4, 0.5) is 5.69 Å². The minimum atomic E-state index is -0.367. The highest BCUT2D eigenvalue weighted by atomic mass is 35.5. The quantitative estimate of drug-likeness (QED) is 0.440. The highest BCUT2D eigenvalue weighted by Gasteiger charge is 2.14. The van der Waals surface area contributed by atoms with Crippen molar-refractivity contribution in [3.63, 3.8) is 0 Å². The highest BCUT2D eigenvalue weighted by Crippen LogP contribution is 2.22. The predicted molar refractivity (Wildman–Crippen MR) is 56.9 cm³/mol. The summed E-state index contributed by atoms with van der Waals surface area (Å²) in [6, 6.07) is 5.08. The Morgan fingerprint density at radius 1 is 1.57 bits per heavy atom. The number of nitro benzene ring substituents is 1. The monoisotopic (exact) mass is 213 g/mol. The lowest BCUT2D eigenvalue weighted by Gasteiger charge is -2.05. The molecule has 0 fully saturated rings. The molecule has 1 aromatic carbocycles. The topological polar surface area (TPSA) is 43.1 Å². The van der Waals surface area contributed by atoms with Crippen molar-refractivity contribution >= 4 is 17.3 Å². The van der Waals surface area contributed by atoms with Gasteiger partial charge in [-0.2, -0.15) is 0 Å². The lowest BCUT2D eigenvalue weighted by atomic mass is 10.1. The van der Waals surface area contributed by atoms with Crippen molar-refractivity contribution in [3.8, 4) is 0 Å². The van der Waals surface area contributed by atoms with Gasteiger partial charge >= 0.3 is 0 Å². The predicted octanol–water partition coefficient (Wildman–Crippen LogP) is 3.07. The van der Waals surface area contributed by atoms with Crippen LogP contribution < -0.4 is 0 Å². The molecule has 0 heterocycles. The molecule has 0 aliphatic heterocycles. The van der Waals surface area contributed by atoms with Crippen LogP contribution in [0.1, 0.15) is 18.1 Å². The molecule has 0 amide bonds. The summed E-state index contributed by atoms with van der Waals surface area (Å²) in [5, 5.41) is 10.6. The normalized spacial score (nSPS) is 12.5. The molecule has 0 saturated carbocycles. The van der Waals surface area contributed by atoms with Gasteiger partial charge in [0.15, 0.2) is 0 Å². The van der Waals surface area contributed by atoms with Gasteiger partial charge in [-0.1, -0.05) is 11.6 Å². The van der Waals surface area contributed by atoms with E-state index >= 15 is 0 Å². The van der Waals surface area contributed by atoms with Crippen LogP contribution in [0.5, 0.6) is 0 Å². The first-order valence-corrected chi connectivity index (χ1v) is 4.82. The molecule has 0 aliphatic carbocycles. The number of halogens is 1. The molecule has 0 spiro atoms. The van der Waals surface area contributed by atoms with Crippen LogP contribution in [-0.4, -0.2) is 10.3 Å². The Kier molecular flexibility index (Phi) is 3.47. The van der Waals surface area contributed by atoms with E-state index in [1.165, 1.54) is 6.07 Å². The SMILES string of the molecule is Cc1ccc([N+](=O)[O-])c(CC(C)Cl)c1. The zero-order chi connectivity index (χ0) is 10.7. The molecule has 3 nitrogen and oxygen atoms in total. The number of alkyl halides is 1. The summed E-state index contributed by atoms with van der Waals surface area (Å²) in [7, 11) is 0. The first-order chi connectivity index (χ1) is 6.50. The molecule has 0 aliphatic rings. The van der Waals surface area contributed by atoms with Crippen molar-refractivity contribution in [2.24, 2.45) is 0 Å². The van der Waals surface area contributed by atoms with E-state index in [-0.39, 0.29) is 16.0 Å². The highest BCUT2D eigenvalue weighted by molar-refractivity contribution is 6.20. The largest absolute Gasteiger partial charge is 0.272 e. The second-order valence-electron chi connectivity index (χ2n) is 3.37. The number of hydrogen-bond acceptors (Lipinski definition) is 2. The number of nitrogens with zero attached hydrogens (tertiary/aromatic N) is 1.